The van der Waals surface area contributed by atoms with E-state index in [9.17, 15) is 4.39 Å². The van der Waals surface area contributed by atoms with E-state index in [0.29, 0.717) is 5.92 Å². The van der Waals surface area contributed by atoms with Crippen LogP contribution in [0.3, 0.4) is 0 Å². The first-order valence-electron chi connectivity index (χ1n) is 9.65. The minimum Gasteiger partial charge on any atom is -0.373 e. The number of fused-ring (bicyclic) bond motifs is 1. The molecule has 0 saturated carbocycles. The van der Waals surface area contributed by atoms with Gasteiger partial charge in [-0.05, 0) is 55.5 Å². The lowest BCUT2D eigenvalue weighted by Gasteiger charge is -2.16. The van der Waals surface area contributed by atoms with Gasteiger partial charge in [0.05, 0.1) is 22.8 Å². The molecule has 3 rings (SSSR count). The van der Waals surface area contributed by atoms with Crippen molar-refractivity contribution in [3.63, 3.8) is 0 Å². The second-order valence-corrected chi connectivity index (χ2v) is 7.49. The summed E-state index contributed by atoms with van der Waals surface area (Å²) < 4.78 is 15.5. The zero-order valence-corrected chi connectivity index (χ0v) is 17.1. The largest absolute Gasteiger partial charge is 0.373 e. The molecular weight excluding hydrogens is 339 g/mol. The summed E-state index contributed by atoms with van der Waals surface area (Å²) in [5, 5.41) is 3.22. The second-order valence-electron chi connectivity index (χ2n) is 7.49. The van der Waals surface area contributed by atoms with Crippen molar-refractivity contribution in [3.05, 3.63) is 41.2 Å². The number of aryl methyl sites for hydroxylation is 2. The van der Waals surface area contributed by atoms with E-state index in [1.165, 1.54) is 0 Å². The molecule has 144 valence electrons. The van der Waals surface area contributed by atoms with Crippen molar-refractivity contribution in [2.45, 2.75) is 53.0 Å². The molecule has 0 radical (unpaired) electrons. The first-order chi connectivity index (χ1) is 12.9. The molecule has 0 spiro atoms. The number of halogens is 1. The van der Waals surface area contributed by atoms with Crippen LogP contribution in [-0.4, -0.2) is 28.3 Å². The predicted octanol–water partition coefficient (Wildman–Crippen LogP) is 5.80. The normalized spacial score (nSPS) is 12.7. The van der Waals surface area contributed by atoms with Gasteiger partial charge in [0.25, 0.3) is 0 Å². The number of aromatic nitrogens is 3. The van der Waals surface area contributed by atoms with E-state index in [4.69, 9.17) is 9.97 Å². The average Bonchev–Trinajstić information content (AvgIpc) is 2.97. The highest BCUT2D eigenvalue weighted by Crippen LogP contribution is 2.33. The Morgan fingerprint density at radius 2 is 1.89 bits per heavy atom. The SMILES string of the molecule is CCC(CF)n1cc(C)c2nc(-c3ccc(C(C)C)nc3NC)c(C)cc21. The lowest BCUT2D eigenvalue weighted by molar-refractivity contribution is 0.355. The minimum absolute atomic E-state index is 0.145. The van der Waals surface area contributed by atoms with Crippen LogP contribution in [0.15, 0.2) is 24.4 Å². The van der Waals surface area contributed by atoms with Crippen LogP contribution in [0.1, 0.15) is 56.0 Å². The van der Waals surface area contributed by atoms with E-state index >= 15 is 0 Å². The van der Waals surface area contributed by atoms with Crippen molar-refractivity contribution in [1.29, 1.82) is 0 Å². The van der Waals surface area contributed by atoms with E-state index in [1.54, 1.807) is 0 Å². The molecule has 3 heterocycles. The van der Waals surface area contributed by atoms with Gasteiger partial charge < -0.3 is 9.88 Å². The molecule has 0 aromatic carbocycles. The molecule has 1 unspecified atom stereocenters. The zero-order valence-electron chi connectivity index (χ0n) is 17.1. The van der Waals surface area contributed by atoms with Crippen molar-refractivity contribution in [2.75, 3.05) is 19.0 Å². The quantitative estimate of drug-likeness (QED) is 0.598. The van der Waals surface area contributed by atoms with Crippen LogP contribution in [0.5, 0.6) is 0 Å². The second kappa shape index (κ2) is 7.67. The number of anilines is 1. The summed E-state index contributed by atoms with van der Waals surface area (Å²) in [6.07, 6.45) is 2.78. The van der Waals surface area contributed by atoms with Crippen molar-refractivity contribution >= 4 is 16.9 Å². The van der Waals surface area contributed by atoms with Crippen molar-refractivity contribution in [2.24, 2.45) is 0 Å². The van der Waals surface area contributed by atoms with Gasteiger partial charge in [0.2, 0.25) is 0 Å². The zero-order chi connectivity index (χ0) is 19.7. The predicted molar refractivity (Wildman–Crippen MR) is 111 cm³/mol. The smallest absolute Gasteiger partial charge is 0.135 e. The molecular formula is C22H29FN4. The van der Waals surface area contributed by atoms with Crippen LogP contribution < -0.4 is 5.32 Å². The first-order valence-corrected chi connectivity index (χ1v) is 9.65. The summed E-state index contributed by atoms with van der Waals surface area (Å²) in [6.45, 7) is 10.0. The maximum atomic E-state index is 13.5. The molecule has 1 N–H and O–H groups in total. The molecule has 0 fully saturated rings. The fourth-order valence-corrected chi connectivity index (χ4v) is 3.56. The number of pyridine rings is 2. The van der Waals surface area contributed by atoms with Gasteiger partial charge in [0, 0.05) is 24.5 Å². The van der Waals surface area contributed by atoms with Gasteiger partial charge in [-0.2, -0.15) is 0 Å². The third kappa shape index (κ3) is 3.43. The first kappa shape index (κ1) is 19.3. The third-order valence-electron chi connectivity index (χ3n) is 5.22. The minimum atomic E-state index is -0.370. The maximum absolute atomic E-state index is 13.5. The fraction of sp³-hybridized carbons (Fsp3) is 0.455. The summed E-state index contributed by atoms with van der Waals surface area (Å²) in [4.78, 5) is 9.74. The van der Waals surface area contributed by atoms with Crippen molar-refractivity contribution in [3.8, 4) is 11.3 Å². The van der Waals surface area contributed by atoms with Crippen LogP contribution in [-0.2, 0) is 0 Å². The lowest BCUT2D eigenvalue weighted by Crippen LogP contribution is -2.09. The Labute approximate surface area is 160 Å². The van der Waals surface area contributed by atoms with Gasteiger partial charge in [-0.25, -0.2) is 14.4 Å². The molecule has 0 aliphatic heterocycles. The highest BCUT2D eigenvalue weighted by molar-refractivity contribution is 5.86. The molecule has 1 atom stereocenters. The number of hydrogen-bond donors (Lipinski definition) is 1. The van der Waals surface area contributed by atoms with Crippen LogP contribution in [0, 0.1) is 13.8 Å². The Morgan fingerprint density at radius 3 is 2.48 bits per heavy atom. The van der Waals surface area contributed by atoms with Crippen molar-refractivity contribution in [1.82, 2.24) is 14.5 Å². The Kier molecular flexibility index (Phi) is 5.49. The summed E-state index contributed by atoms with van der Waals surface area (Å²) >= 11 is 0. The summed E-state index contributed by atoms with van der Waals surface area (Å²) in [7, 11) is 1.89. The van der Waals surface area contributed by atoms with Crippen LogP contribution in [0.25, 0.3) is 22.3 Å². The lowest BCUT2D eigenvalue weighted by atomic mass is 10.0. The van der Waals surface area contributed by atoms with Gasteiger partial charge >= 0.3 is 0 Å². The Hall–Kier alpha value is -2.43. The van der Waals surface area contributed by atoms with Crippen LogP contribution in [0.4, 0.5) is 10.2 Å². The molecule has 0 saturated heterocycles. The molecule has 5 heteroatoms. The Morgan fingerprint density at radius 1 is 1.15 bits per heavy atom. The van der Waals surface area contributed by atoms with Gasteiger partial charge in [-0.1, -0.05) is 20.8 Å². The summed E-state index contributed by atoms with van der Waals surface area (Å²) in [5.41, 5.74) is 7.02. The maximum Gasteiger partial charge on any atom is 0.135 e. The van der Waals surface area contributed by atoms with E-state index in [2.05, 4.69) is 44.3 Å². The molecule has 0 bridgehead atoms. The molecule has 0 amide bonds. The molecule has 3 aromatic heterocycles. The number of alkyl halides is 1. The highest BCUT2D eigenvalue weighted by atomic mass is 19.1. The summed E-state index contributed by atoms with van der Waals surface area (Å²) in [5.74, 6) is 1.20. The van der Waals surface area contributed by atoms with Crippen molar-refractivity contribution < 1.29 is 4.39 Å². The highest BCUT2D eigenvalue weighted by Gasteiger charge is 2.18. The van der Waals surface area contributed by atoms with Gasteiger partial charge in [-0.15, -0.1) is 0 Å². The third-order valence-corrected chi connectivity index (χ3v) is 5.22. The van der Waals surface area contributed by atoms with Gasteiger partial charge in [-0.3, -0.25) is 0 Å². The van der Waals surface area contributed by atoms with E-state index in [0.717, 1.165) is 51.4 Å². The molecule has 0 aliphatic rings. The van der Waals surface area contributed by atoms with Crippen LogP contribution >= 0.6 is 0 Å². The van der Waals surface area contributed by atoms with Gasteiger partial charge in [0.15, 0.2) is 0 Å². The fourth-order valence-electron chi connectivity index (χ4n) is 3.56. The number of rotatable bonds is 6. The standard InChI is InChI=1S/C22H29FN4/c1-7-16(11-23)27-12-15(5)21-19(27)10-14(4)20(26-21)17-8-9-18(13(2)3)25-22(17)24-6/h8-10,12-13,16H,7,11H2,1-6H3,(H,24,25). The monoisotopic (exact) mass is 368 g/mol. The summed E-state index contributed by atoms with van der Waals surface area (Å²) in [6, 6.07) is 6.14. The van der Waals surface area contributed by atoms with E-state index in [-0.39, 0.29) is 12.7 Å². The van der Waals surface area contributed by atoms with E-state index < -0.39 is 0 Å². The number of nitrogens with zero attached hydrogens (tertiary/aromatic N) is 3. The average molecular weight is 369 g/mol. The Balaban J connectivity index is 2.20. The van der Waals surface area contributed by atoms with E-state index in [1.807, 2.05) is 31.7 Å². The Bertz CT molecular complexity index is 955. The molecule has 3 aromatic rings. The molecule has 4 nitrogen and oxygen atoms in total. The molecule has 0 aliphatic carbocycles. The molecule has 27 heavy (non-hydrogen) atoms. The van der Waals surface area contributed by atoms with Crippen LogP contribution in [0.2, 0.25) is 0 Å². The van der Waals surface area contributed by atoms with Gasteiger partial charge in [0.1, 0.15) is 12.5 Å². The number of hydrogen-bond acceptors (Lipinski definition) is 3. The topological polar surface area (TPSA) is 42.7 Å². The number of nitrogens with one attached hydrogen (secondary N) is 1.